The maximum Gasteiger partial charge on any atom is 0.221 e. The SMILES string of the molecule is CC(NC(=O)CC1CCCN1)C(c1ccccc1)c1ccccc1. The summed E-state index contributed by atoms with van der Waals surface area (Å²) < 4.78 is 0. The first kappa shape index (κ1) is 16.7. The van der Waals surface area contributed by atoms with Crippen LogP contribution in [-0.2, 0) is 4.79 Å². The van der Waals surface area contributed by atoms with Crippen molar-refractivity contribution in [1.82, 2.24) is 10.6 Å². The molecule has 0 saturated carbocycles. The molecule has 126 valence electrons. The molecule has 1 saturated heterocycles. The van der Waals surface area contributed by atoms with E-state index < -0.39 is 0 Å². The van der Waals surface area contributed by atoms with Crippen LogP contribution in [0.3, 0.4) is 0 Å². The van der Waals surface area contributed by atoms with Gasteiger partial charge in [0.2, 0.25) is 5.91 Å². The standard InChI is InChI=1S/C21H26N2O/c1-16(23-20(24)15-19-13-8-14-22-19)21(17-9-4-2-5-10-17)18-11-6-3-7-12-18/h2-7,9-12,16,19,21-22H,8,13-15H2,1H3,(H,23,24). The maximum absolute atomic E-state index is 12.4. The third kappa shape index (κ3) is 4.24. The van der Waals surface area contributed by atoms with Crippen molar-refractivity contribution >= 4 is 5.91 Å². The zero-order valence-corrected chi connectivity index (χ0v) is 14.2. The number of benzene rings is 2. The van der Waals surface area contributed by atoms with Gasteiger partial charge in [-0.15, -0.1) is 0 Å². The summed E-state index contributed by atoms with van der Waals surface area (Å²) in [5.41, 5.74) is 2.46. The van der Waals surface area contributed by atoms with Gasteiger partial charge in [-0.25, -0.2) is 0 Å². The molecule has 2 N–H and O–H groups in total. The Morgan fingerprint density at radius 2 is 1.67 bits per heavy atom. The molecule has 1 aliphatic rings. The summed E-state index contributed by atoms with van der Waals surface area (Å²) in [6.45, 7) is 3.13. The number of carbonyl (C=O) groups is 1. The molecule has 2 aromatic rings. The molecular formula is C21H26N2O. The van der Waals surface area contributed by atoms with E-state index in [1.165, 1.54) is 17.5 Å². The van der Waals surface area contributed by atoms with E-state index in [4.69, 9.17) is 0 Å². The van der Waals surface area contributed by atoms with Gasteiger partial charge in [-0.2, -0.15) is 0 Å². The molecular weight excluding hydrogens is 296 g/mol. The van der Waals surface area contributed by atoms with Gasteiger partial charge < -0.3 is 10.6 Å². The summed E-state index contributed by atoms with van der Waals surface area (Å²) in [5, 5.41) is 6.62. The fraction of sp³-hybridized carbons (Fsp3) is 0.381. The zero-order chi connectivity index (χ0) is 16.8. The molecule has 0 spiro atoms. The number of nitrogens with one attached hydrogen (secondary N) is 2. The molecule has 0 aromatic heterocycles. The topological polar surface area (TPSA) is 41.1 Å². The first-order chi connectivity index (χ1) is 11.7. The Hall–Kier alpha value is -2.13. The Bertz CT molecular complexity index is 596. The van der Waals surface area contributed by atoms with Crippen molar-refractivity contribution in [3.63, 3.8) is 0 Å². The van der Waals surface area contributed by atoms with Gasteiger partial charge in [0.1, 0.15) is 0 Å². The van der Waals surface area contributed by atoms with Crippen molar-refractivity contribution in [1.29, 1.82) is 0 Å². The Balaban J connectivity index is 1.74. The minimum absolute atomic E-state index is 0.0451. The number of amides is 1. The summed E-state index contributed by atoms with van der Waals surface area (Å²) in [5.74, 6) is 0.298. The van der Waals surface area contributed by atoms with E-state index in [0.717, 1.165) is 13.0 Å². The second-order valence-corrected chi connectivity index (χ2v) is 6.65. The van der Waals surface area contributed by atoms with E-state index >= 15 is 0 Å². The molecule has 0 radical (unpaired) electrons. The van der Waals surface area contributed by atoms with E-state index in [2.05, 4.69) is 66.1 Å². The first-order valence-corrected chi connectivity index (χ1v) is 8.86. The molecule has 2 unspecified atom stereocenters. The van der Waals surface area contributed by atoms with Crippen LogP contribution < -0.4 is 10.6 Å². The summed E-state index contributed by atoms with van der Waals surface area (Å²) in [4.78, 5) is 12.4. The van der Waals surface area contributed by atoms with Crippen molar-refractivity contribution in [2.24, 2.45) is 0 Å². The third-order valence-corrected chi connectivity index (χ3v) is 4.80. The van der Waals surface area contributed by atoms with Crippen molar-refractivity contribution in [2.45, 2.75) is 44.2 Å². The molecule has 0 aliphatic carbocycles. The van der Waals surface area contributed by atoms with Crippen LogP contribution in [0.25, 0.3) is 0 Å². The summed E-state index contributed by atoms with van der Waals surface area (Å²) >= 11 is 0. The highest BCUT2D eigenvalue weighted by Gasteiger charge is 2.24. The molecule has 1 fully saturated rings. The van der Waals surface area contributed by atoms with E-state index in [1.807, 2.05) is 12.1 Å². The largest absolute Gasteiger partial charge is 0.353 e. The highest BCUT2D eigenvalue weighted by molar-refractivity contribution is 5.77. The number of hydrogen-bond acceptors (Lipinski definition) is 2. The Morgan fingerprint density at radius 1 is 1.08 bits per heavy atom. The number of hydrogen-bond donors (Lipinski definition) is 2. The van der Waals surface area contributed by atoms with Gasteiger partial charge in [-0.05, 0) is 37.4 Å². The van der Waals surface area contributed by atoms with Crippen LogP contribution in [0.4, 0.5) is 0 Å². The van der Waals surface area contributed by atoms with Crippen molar-refractivity contribution in [2.75, 3.05) is 6.54 Å². The lowest BCUT2D eigenvalue weighted by Gasteiger charge is -2.26. The highest BCUT2D eigenvalue weighted by Crippen LogP contribution is 2.28. The van der Waals surface area contributed by atoms with Gasteiger partial charge >= 0.3 is 0 Å². The molecule has 24 heavy (non-hydrogen) atoms. The molecule has 3 rings (SSSR count). The Labute approximate surface area is 144 Å². The predicted molar refractivity (Wildman–Crippen MR) is 98.0 cm³/mol. The van der Waals surface area contributed by atoms with Crippen LogP contribution in [0.15, 0.2) is 60.7 Å². The zero-order valence-electron chi connectivity index (χ0n) is 14.2. The predicted octanol–water partition coefficient (Wildman–Crippen LogP) is 3.47. The van der Waals surface area contributed by atoms with Crippen LogP contribution in [0.1, 0.15) is 43.2 Å². The minimum Gasteiger partial charge on any atom is -0.353 e. The average molecular weight is 322 g/mol. The Kier molecular flexibility index (Phi) is 5.65. The van der Waals surface area contributed by atoms with Gasteiger partial charge in [0.25, 0.3) is 0 Å². The lowest BCUT2D eigenvalue weighted by molar-refractivity contribution is -0.122. The normalized spacial score (nSPS) is 18.5. The van der Waals surface area contributed by atoms with Crippen LogP contribution in [0.5, 0.6) is 0 Å². The number of carbonyl (C=O) groups excluding carboxylic acids is 1. The molecule has 3 heteroatoms. The quantitative estimate of drug-likeness (QED) is 0.855. The van der Waals surface area contributed by atoms with Crippen LogP contribution in [0, 0.1) is 0 Å². The molecule has 0 bridgehead atoms. The summed E-state index contributed by atoms with van der Waals surface area (Å²) in [7, 11) is 0. The highest BCUT2D eigenvalue weighted by atomic mass is 16.1. The lowest BCUT2D eigenvalue weighted by Crippen LogP contribution is -2.40. The third-order valence-electron chi connectivity index (χ3n) is 4.80. The van der Waals surface area contributed by atoms with E-state index in [9.17, 15) is 4.79 Å². The first-order valence-electron chi connectivity index (χ1n) is 8.86. The smallest absolute Gasteiger partial charge is 0.221 e. The van der Waals surface area contributed by atoms with E-state index in [1.54, 1.807) is 0 Å². The van der Waals surface area contributed by atoms with Crippen molar-refractivity contribution in [3.8, 4) is 0 Å². The summed E-state index contributed by atoms with van der Waals surface area (Å²) in [6.07, 6.45) is 2.84. The minimum atomic E-state index is 0.0451. The molecule has 1 heterocycles. The maximum atomic E-state index is 12.4. The molecule has 1 amide bonds. The fourth-order valence-corrected chi connectivity index (χ4v) is 3.64. The Morgan fingerprint density at radius 3 is 2.17 bits per heavy atom. The van der Waals surface area contributed by atoms with Crippen molar-refractivity contribution < 1.29 is 4.79 Å². The number of rotatable bonds is 6. The molecule has 1 aliphatic heterocycles. The van der Waals surface area contributed by atoms with Crippen LogP contribution in [-0.4, -0.2) is 24.5 Å². The molecule has 3 nitrogen and oxygen atoms in total. The van der Waals surface area contributed by atoms with Gasteiger partial charge in [0.15, 0.2) is 0 Å². The second kappa shape index (κ2) is 8.11. The average Bonchev–Trinajstić information content (AvgIpc) is 3.10. The summed E-state index contributed by atoms with van der Waals surface area (Å²) in [6, 6.07) is 21.2. The fourth-order valence-electron chi connectivity index (χ4n) is 3.64. The van der Waals surface area contributed by atoms with E-state index in [-0.39, 0.29) is 17.9 Å². The van der Waals surface area contributed by atoms with Crippen molar-refractivity contribution in [3.05, 3.63) is 71.8 Å². The van der Waals surface area contributed by atoms with Gasteiger partial charge in [0.05, 0.1) is 0 Å². The van der Waals surface area contributed by atoms with Gasteiger partial charge in [0, 0.05) is 24.4 Å². The second-order valence-electron chi connectivity index (χ2n) is 6.65. The lowest BCUT2D eigenvalue weighted by atomic mass is 9.85. The monoisotopic (exact) mass is 322 g/mol. The molecule has 2 aromatic carbocycles. The van der Waals surface area contributed by atoms with Crippen LogP contribution >= 0.6 is 0 Å². The van der Waals surface area contributed by atoms with E-state index in [0.29, 0.717) is 12.5 Å². The van der Waals surface area contributed by atoms with Gasteiger partial charge in [-0.3, -0.25) is 4.79 Å². The molecule has 2 atom stereocenters. The van der Waals surface area contributed by atoms with Crippen LogP contribution in [0.2, 0.25) is 0 Å². The van der Waals surface area contributed by atoms with Gasteiger partial charge in [-0.1, -0.05) is 60.7 Å².